The fourth-order valence-corrected chi connectivity index (χ4v) is 3.89. The maximum atomic E-state index is 11.7. The second kappa shape index (κ2) is 3.90. The molecule has 3 rings (SSSR count). The molecule has 0 amide bonds. The van der Waals surface area contributed by atoms with Gasteiger partial charge < -0.3 is 9.47 Å². The molecule has 0 N–H and O–H groups in total. The summed E-state index contributed by atoms with van der Waals surface area (Å²) in [4.78, 5) is 45.2. The topological polar surface area (TPSA) is 86.7 Å². The van der Waals surface area contributed by atoms with E-state index >= 15 is 0 Å². The number of esters is 3. The minimum atomic E-state index is -0.592. The van der Waals surface area contributed by atoms with Crippen LogP contribution in [-0.2, 0) is 28.7 Å². The van der Waals surface area contributed by atoms with Crippen molar-refractivity contribution in [2.24, 2.45) is 29.6 Å². The number of cyclic esters (lactones) is 2. The molecule has 18 heavy (non-hydrogen) atoms. The van der Waals surface area contributed by atoms with Gasteiger partial charge in [0.05, 0.1) is 17.8 Å². The molecule has 1 heterocycles. The number of hydrogen-bond acceptors (Lipinski definition) is 6. The van der Waals surface area contributed by atoms with Crippen molar-refractivity contribution >= 4 is 24.4 Å². The van der Waals surface area contributed by atoms with Crippen molar-refractivity contribution in [3.8, 4) is 0 Å². The Hall–Kier alpha value is -1.72. The van der Waals surface area contributed by atoms with Gasteiger partial charge in [-0.3, -0.25) is 19.2 Å². The Kier molecular flexibility index (Phi) is 2.46. The van der Waals surface area contributed by atoms with Gasteiger partial charge in [-0.15, -0.1) is 0 Å². The SMILES string of the molecule is O=COC(=O)C1CCC2C3CC(C(=O)OC3=O)C12. The summed E-state index contributed by atoms with van der Waals surface area (Å²) in [6, 6.07) is 0. The van der Waals surface area contributed by atoms with E-state index in [9.17, 15) is 19.2 Å². The smallest absolute Gasteiger partial charge is 0.316 e. The van der Waals surface area contributed by atoms with Crippen molar-refractivity contribution < 1.29 is 28.7 Å². The van der Waals surface area contributed by atoms with Crippen molar-refractivity contribution in [2.45, 2.75) is 19.3 Å². The molecular formula is C12H12O6. The van der Waals surface area contributed by atoms with Crippen LogP contribution in [0.2, 0.25) is 0 Å². The summed E-state index contributed by atoms with van der Waals surface area (Å²) in [6.45, 7) is 0.111. The number of ether oxygens (including phenoxy) is 2. The zero-order chi connectivity index (χ0) is 12.9. The van der Waals surface area contributed by atoms with Crippen LogP contribution in [0.1, 0.15) is 19.3 Å². The molecule has 0 radical (unpaired) electrons. The van der Waals surface area contributed by atoms with Crippen LogP contribution in [0.25, 0.3) is 0 Å². The Morgan fingerprint density at radius 2 is 1.94 bits per heavy atom. The summed E-state index contributed by atoms with van der Waals surface area (Å²) in [5.41, 5.74) is 0. The van der Waals surface area contributed by atoms with Gasteiger partial charge in [0.2, 0.25) is 0 Å². The molecule has 2 bridgehead atoms. The number of rotatable bonds is 2. The Balaban J connectivity index is 1.88. The second-order valence-corrected chi connectivity index (χ2v) is 5.15. The van der Waals surface area contributed by atoms with Gasteiger partial charge in [0.1, 0.15) is 0 Å². The van der Waals surface area contributed by atoms with E-state index in [1.807, 2.05) is 0 Å². The van der Waals surface area contributed by atoms with Crippen molar-refractivity contribution in [3.05, 3.63) is 0 Å². The summed E-state index contributed by atoms with van der Waals surface area (Å²) in [5, 5.41) is 0. The van der Waals surface area contributed by atoms with Gasteiger partial charge in [0, 0.05) is 0 Å². The van der Waals surface area contributed by atoms with Crippen LogP contribution in [0.3, 0.4) is 0 Å². The summed E-state index contributed by atoms with van der Waals surface area (Å²) >= 11 is 0. The molecule has 6 heteroatoms. The number of fused-ring (bicyclic) bond motifs is 5. The molecule has 0 spiro atoms. The highest BCUT2D eigenvalue weighted by molar-refractivity contribution is 5.93. The molecule has 0 aromatic rings. The first kappa shape index (κ1) is 11.4. The lowest BCUT2D eigenvalue weighted by Gasteiger charge is -2.21. The normalized spacial score (nSPS) is 41.2. The lowest BCUT2D eigenvalue weighted by Crippen LogP contribution is -2.33. The average Bonchev–Trinajstić information content (AvgIpc) is 2.85. The third-order valence-corrected chi connectivity index (χ3v) is 4.53. The van der Waals surface area contributed by atoms with Crippen LogP contribution >= 0.6 is 0 Å². The van der Waals surface area contributed by atoms with Crippen molar-refractivity contribution in [2.75, 3.05) is 0 Å². The van der Waals surface area contributed by atoms with Crippen LogP contribution < -0.4 is 0 Å². The van der Waals surface area contributed by atoms with E-state index in [0.29, 0.717) is 19.3 Å². The van der Waals surface area contributed by atoms with Gasteiger partial charge in [-0.05, 0) is 31.1 Å². The Morgan fingerprint density at radius 3 is 2.67 bits per heavy atom. The van der Waals surface area contributed by atoms with Crippen molar-refractivity contribution in [3.63, 3.8) is 0 Å². The minimum Gasteiger partial charge on any atom is -0.395 e. The summed E-state index contributed by atoms with van der Waals surface area (Å²) < 4.78 is 9.09. The van der Waals surface area contributed by atoms with Gasteiger partial charge in [-0.2, -0.15) is 0 Å². The second-order valence-electron chi connectivity index (χ2n) is 5.15. The average molecular weight is 252 g/mol. The molecule has 5 unspecified atom stereocenters. The molecule has 2 aliphatic carbocycles. The summed E-state index contributed by atoms with van der Waals surface area (Å²) in [5.74, 6) is -2.92. The molecule has 3 aliphatic rings. The molecule has 2 saturated carbocycles. The first-order valence-electron chi connectivity index (χ1n) is 6.03. The predicted octanol–water partition coefficient (Wildman–Crippen LogP) is 0.0479. The van der Waals surface area contributed by atoms with Crippen LogP contribution in [0.15, 0.2) is 0 Å². The van der Waals surface area contributed by atoms with Crippen LogP contribution in [0.4, 0.5) is 0 Å². The highest BCUT2D eigenvalue weighted by Gasteiger charge is 2.60. The van der Waals surface area contributed by atoms with E-state index in [2.05, 4.69) is 4.74 Å². The van der Waals surface area contributed by atoms with E-state index in [0.717, 1.165) is 0 Å². The fraction of sp³-hybridized carbons (Fsp3) is 0.667. The zero-order valence-electron chi connectivity index (χ0n) is 9.53. The van der Waals surface area contributed by atoms with Gasteiger partial charge >= 0.3 is 24.4 Å². The minimum absolute atomic E-state index is 0.0122. The molecule has 96 valence electrons. The van der Waals surface area contributed by atoms with Gasteiger partial charge in [0.25, 0.3) is 0 Å². The highest BCUT2D eigenvalue weighted by atomic mass is 16.6. The lowest BCUT2D eigenvalue weighted by molar-refractivity contribution is -0.169. The molecule has 5 atom stereocenters. The summed E-state index contributed by atoms with van der Waals surface area (Å²) in [6.07, 6.45) is 1.74. The summed E-state index contributed by atoms with van der Waals surface area (Å²) in [7, 11) is 0. The Bertz CT molecular complexity index is 442. The van der Waals surface area contributed by atoms with Crippen molar-refractivity contribution in [1.29, 1.82) is 0 Å². The zero-order valence-corrected chi connectivity index (χ0v) is 9.53. The van der Waals surface area contributed by atoms with Gasteiger partial charge in [-0.1, -0.05) is 0 Å². The van der Waals surface area contributed by atoms with E-state index in [1.165, 1.54) is 0 Å². The molecule has 3 fully saturated rings. The predicted molar refractivity (Wildman–Crippen MR) is 54.6 cm³/mol. The van der Waals surface area contributed by atoms with E-state index in [4.69, 9.17) is 4.74 Å². The fourth-order valence-electron chi connectivity index (χ4n) is 3.89. The lowest BCUT2D eigenvalue weighted by atomic mass is 9.84. The third-order valence-electron chi connectivity index (χ3n) is 4.53. The highest BCUT2D eigenvalue weighted by Crippen LogP contribution is 2.56. The molecular weight excluding hydrogens is 240 g/mol. The van der Waals surface area contributed by atoms with Crippen LogP contribution in [-0.4, -0.2) is 24.4 Å². The number of hydrogen-bond donors (Lipinski definition) is 0. The third kappa shape index (κ3) is 1.41. The molecule has 0 aromatic carbocycles. The van der Waals surface area contributed by atoms with Gasteiger partial charge in [0.15, 0.2) is 0 Å². The van der Waals surface area contributed by atoms with Gasteiger partial charge in [-0.25, -0.2) is 0 Å². The Labute approximate surface area is 103 Å². The largest absolute Gasteiger partial charge is 0.395 e. The standard InChI is InChI=1S/C12H12O6/c13-4-17-10(14)6-2-1-5-7-3-8(9(5)6)12(16)18-11(7)15/h4-9H,1-3H2. The van der Waals surface area contributed by atoms with E-state index < -0.39 is 29.7 Å². The first-order chi connectivity index (χ1) is 8.63. The molecule has 1 saturated heterocycles. The van der Waals surface area contributed by atoms with Crippen molar-refractivity contribution in [1.82, 2.24) is 0 Å². The van der Waals surface area contributed by atoms with E-state index in [-0.39, 0.29) is 24.2 Å². The maximum Gasteiger partial charge on any atom is 0.316 e. The quantitative estimate of drug-likeness (QED) is 0.392. The Morgan fingerprint density at radius 1 is 1.22 bits per heavy atom. The monoisotopic (exact) mass is 252 g/mol. The maximum absolute atomic E-state index is 11.7. The molecule has 1 aliphatic heterocycles. The molecule has 6 nitrogen and oxygen atoms in total. The van der Waals surface area contributed by atoms with E-state index in [1.54, 1.807) is 0 Å². The van der Waals surface area contributed by atoms with Crippen LogP contribution in [0, 0.1) is 29.6 Å². The number of carbonyl (C=O) groups excluding carboxylic acids is 4. The molecule has 0 aromatic heterocycles. The first-order valence-corrected chi connectivity index (χ1v) is 6.03. The number of carbonyl (C=O) groups is 4. The van der Waals surface area contributed by atoms with Crippen LogP contribution in [0.5, 0.6) is 0 Å².